The van der Waals surface area contributed by atoms with Gasteiger partial charge in [-0.2, -0.15) is 3.89 Å². The highest BCUT2D eigenvalue weighted by Gasteiger charge is 2.11. The topological polar surface area (TPSA) is 43.1 Å². The number of nitrogen functional groups attached to an aromatic ring is 1. The average Bonchev–Trinajstić information content (AvgIpc) is 2.67. The Morgan fingerprint density at radius 3 is 2.59 bits per heavy atom. The summed E-state index contributed by atoms with van der Waals surface area (Å²) < 4.78 is 14.0. The Kier molecular flexibility index (Phi) is 7.87. The van der Waals surface area contributed by atoms with Gasteiger partial charge in [0.15, 0.2) is 6.29 Å². The molecule has 0 saturated carbocycles. The molecular formula is C22H23BrFNOS. The number of halogens is 2. The van der Waals surface area contributed by atoms with Crippen LogP contribution in [-0.2, 0) is 4.79 Å². The summed E-state index contributed by atoms with van der Waals surface area (Å²) in [5, 5.41) is 0. The van der Waals surface area contributed by atoms with Gasteiger partial charge in [-0.25, -0.2) is 0 Å². The fourth-order valence-corrected chi connectivity index (χ4v) is 3.93. The molecule has 2 aromatic carbocycles. The Morgan fingerprint density at radius 1 is 1.26 bits per heavy atom. The molecule has 0 radical (unpaired) electrons. The zero-order valence-electron chi connectivity index (χ0n) is 15.7. The molecule has 0 aliphatic heterocycles. The van der Waals surface area contributed by atoms with E-state index in [1.54, 1.807) is 12.1 Å². The highest BCUT2D eigenvalue weighted by atomic mass is 79.9. The summed E-state index contributed by atoms with van der Waals surface area (Å²) in [6, 6.07) is 9.35. The van der Waals surface area contributed by atoms with Crippen LogP contribution < -0.4 is 5.73 Å². The lowest BCUT2D eigenvalue weighted by atomic mass is 9.95. The van der Waals surface area contributed by atoms with E-state index in [9.17, 15) is 8.68 Å². The number of nitrogens with two attached hydrogens (primary N) is 1. The summed E-state index contributed by atoms with van der Waals surface area (Å²) in [7, 11) is 0. The molecule has 0 aromatic heterocycles. The van der Waals surface area contributed by atoms with Gasteiger partial charge in [-0.05, 0) is 72.4 Å². The molecule has 0 unspecified atom stereocenters. The maximum atomic E-state index is 13.2. The number of aldehydes is 1. The van der Waals surface area contributed by atoms with Crippen molar-refractivity contribution in [3.05, 3.63) is 63.1 Å². The van der Waals surface area contributed by atoms with Gasteiger partial charge >= 0.3 is 0 Å². The molecule has 0 bridgehead atoms. The zero-order chi connectivity index (χ0) is 20.0. The molecule has 0 amide bonds. The number of anilines is 1. The molecule has 0 aliphatic carbocycles. The van der Waals surface area contributed by atoms with E-state index in [0.717, 1.165) is 40.3 Å². The molecular weight excluding hydrogens is 425 g/mol. The minimum atomic E-state index is 0.192. The Labute approximate surface area is 173 Å². The molecule has 0 spiro atoms. The van der Waals surface area contributed by atoms with E-state index in [0.29, 0.717) is 21.7 Å². The lowest BCUT2D eigenvalue weighted by Gasteiger charge is -2.12. The second kappa shape index (κ2) is 9.90. The predicted molar refractivity (Wildman–Crippen MR) is 119 cm³/mol. The minimum Gasteiger partial charge on any atom is -0.398 e. The van der Waals surface area contributed by atoms with Crippen LogP contribution in [-0.4, -0.2) is 6.29 Å². The summed E-state index contributed by atoms with van der Waals surface area (Å²) in [4.78, 5) is 12.3. The van der Waals surface area contributed by atoms with Crippen molar-refractivity contribution < 1.29 is 8.68 Å². The second-order valence-corrected chi connectivity index (χ2v) is 7.66. The van der Waals surface area contributed by atoms with Crippen LogP contribution in [0.25, 0.3) is 17.2 Å². The highest BCUT2D eigenvalue weighted by molar-refractivity contribution is 9.10. The van der Waals surface area contributed by atoms with Crippen LogP contribution in [0.4, 0.5) is 9.57 Å². The van der Waals surface area contributed by atoms with Gasteiger partial charge in [0.1, 0.15) is 0 Å². The van der Waals surface area contributed by atoms with Crippen LogP contribution in [0.5, 0.6) is 0 Å². The summed E-state index contributed by atoms with van der Waals surface area (Å²) >= 11 is 3.64. The van der Waals surface area contributed by atoms with E-state index < -0.39 is 0 Å². The molecule has 0 atom stereocenters. The number of allylic oxidation sites excluding steroid dienone is 3. The van der Waals surface area contributed by atoms with Crippen molar-refractivity contribution in [2.24, 2.45) is 0 Å². The van der Waals surface area contributed by atoms with E-state index in [2.05, 4.69) is 35.9 Å². The first-order chi connectivity index (χ1) is 12.9. The highest BCUT2D eigenvalue weighted by Crippen LogP contribution is 2.33. The number of carbonyl (C=O) groups is 1. The van der Waals surface area contributed by atoms with Crippen LogP contribution in [0.3, 0.4) is 0 Å². The number of carbonyl (C=O) groups excluding carboxylic acids is 1. The summed E-state index contributed by atoms with van der Waals surface area (Å²) in [5.41, 5.74) is 11.7. The first kappa shape index (κ1) is 21.5. The SMILES string of the molecule is CCC=C(CC)c1ccc(N)c(/C(C=O)=C/c2cc(Br)c(C)c(SF)c2)c1. The van der Waals surface area contributed by atoms with Gasteiger partial charge in [0.2, 0.25) is 0 Å². The van der Waals surface area contributed by atoms with Gasteiger partial charge in [-0.15, -0.1) is 0 Å². The molecule has 2 N–H and O–H groups in total. The fraction of sp³-hybridized carbons (Fsp3) is 0.227. The van der Waals surface area contributed by atoms with E-state index in [1.165, 1.54) is 5.57 Å². The molecule has 0 aliphatic rings. The van der Waals surface area contributed by atoms with E-state index >= 15 is 0 Å². The minimum absolute atomic E-state index is 0.192. The molecule has 2 rings (SSSR count). The third-order valence-electron chi connectivity index (χ3n) is 4.42. The van der Waals surface area contributed by atoms with Gasteiger partial charge in [0.25, 0.3) is 0 Å². The molecule has 142 valence electrons. The molecule has 5 heteroatoms. The van der Waals surface area contributed by atoms with Crippen molar-refractivity contribution >= 4 is 57.3 Å². The smallest absolute Gasteiger partial charge is 0.150 e. The second-order valence-electron chi connectivity index (χ2n) is 6.21. The van der Waals surface area contributed by atoms with Crippen molar-refractivity contribution in [1.29, 1.82) is 0 Å². The van der Waals surface area contributed by atoms with Crippen molar-refractivity contribution in [2.45, 2.75) is 38.5 Å². The first-order valence-corrected chi connectivity index (χ1v) is 10.3. The van der Waals surface area contributed by atoms with Crippen LogP contribution in [0.2, 0.25) is 0 Å². The van der Waals surface area contributed by atoms with Crippen LogP contribution >= 0.6 is 28.1 Å². The average molecular weight is 448 g/mol. The fourth-order valence-electron chi connectivity index (χ4n) is 2.91. The van der Waals surface area contributed by atoms with Gasteiger partial charge in [-0.1, -0.05) is 41.9 Å². The molecule has 0 fully saturated rings. The maximum Gasteiger partial charge on any atom is 0.150 e. The van der Waals surface area contributed by atoms with Crippen LogP contribution in [0.15, 0.2) is 45.8 Å². The van der Waals surface area contributed by atoms with Gasteiger partial charge < -0.3 is 5.73 Å². The summed E-state index contributed by atoms with van der Waals surface area (Å²) in [5.74, 6) is 0. The lowest BCUT2D eigenvalue weighted by Crippen LogP contribution is -1.97. The standard InChI is InChI=1S/C22H23BrFNOS/c1-4-6-16(5-2)17-7-8-21(25)19(12-17)18(13-26)9-15-10-20(23)14(3)22(11-15)27-24/h6-13H,4-5,25H2,1-3H3/b16-6?,18-9+. The molecule has 27 heavy (non-hydrogen) atoms. The third kappa shape index (κ3) is 5.11. The van der Waals surface area contributed by atoms with Gasteiger partial charge in [-0.3, -0.25) is 4.79 Å². The number of hydrogen-bond donors (Lipinski definition) is 1. The first-order valence-electron chi connectivity index (χ1n) is 8.80. The summed E-state index contributed by atoms with van der Waals surface area (Å²) in [6.45, 7) is 6.04. The number of benzene rings is 2. The van der Waals surface area contributed by atoms with E-state index in [-0.39, 0.29) is 12.1 Å². The Hall–Kier alpha value is -1.85. The quantitative estimate of drug-likeness (QED) is 0.210. The molecule has 0 heterocycles. The molecule has 0 saturated heterocycles. The zero-order valence-corrected chi connectivity index (χ0v) is 18.1. The number of hydrogen-bond acceptors (Lipinski definition) is 3. The lowest BCUT2D eigenvalue weighted by molar-refractivity contribution is -0.103. The van der Waals surface area contributed by atoms with Gasteiger partial charge in [0.05, 0.1) is 12.1 Å². The maximum absolute atomic E-state index is 13.2. The predicted octanol–water partition coefficient (Wildman–Crippen LogP) is 7.26. The largest absolute Gasteiger partial charge is 0.398 e. The van der Waals surface area contributed by atoms with E-state index in [1.807, 2.05) is 31.2 Å². The Bertz CT molecular complexity index is 905. The van der Waals surface area contributed by atoms with E-state index in [4.69, 9.17) is 5.73 Å². The third-order valence-corrected chi connectivity index (χ3v) is 5.83. The van der Waals surface area contributed by atoms with Crippen LogP contribution in [0.1, 0.15) is 48.9 Å². The van der Waals surface area contributed by atoms with Crippen molar-refractivity contribution in [2.75, 3.05) is 5.73 Å². The normalized spacial score (nSPS) is 12.3. The Balaban J connectivity index is 2.58. The monoisotopic (exact) mass is 447 g/mol. The molecule has 2 aromatic rings. The summed E-state index contributed by atoms with van der Waals surface area (Å²) in [6.07, 6.45) is 6.56. The van der Waals surface area contributed by atoms with Crippen molar-refractivity contribution in [1.82, 2.24) is 0 Å². The number of rotatable bonds is 7. The van der Waals surface area contributed by atoms with Gasteiger partial charge in [0, 0.05) is 26.2 Å². The van der Waals surface area contributed by atoms with Crippen LogP contribution in [0, 0.1) is 6.92 Å². The Morgan fingerprint density at radius 2 is 2.00 bits per heavy atom. The van der Waals surface area contributed by atoms with Crippen molar-refractivity contribution in [3.63, 3.8) is 0 Å². The molecule has 2 nitrogen and oxygen atoms in total. The van der Waals surface area contributed by atoms with Crippen molar-refractivity contribution in [3.8, 4) is 0 Å².